The van der Waals surface area contributed by atoms with Gasteiger partial charge < -0.3 is 4.42 Å². The van der Waals surface area contributed by atoms with Gasteiger partial charge in [-0.2, -0.15) is 0 Å². The van der Waals surface area contributed by atoms with Gasteiger partial charge in [0.15, 0.2) is 0 Å². The molecule has 0 saturated carbocycles. The van der Waals surface area contributed by atoms with Crippen molar-refractivity contribution < 1.29 is 45.5 Å². The highest BCUT2D eigenvalue weighted by Crippen LogP contribution is 2.46. The lowest BCUT2D eigenvalue weighted by Crippen LogP contribution is -1.91. The molecule has 1 heterocycles. The first-order valence-corrected chi connectivity index (χ1v) is 15.2. The van der Waals surface area contributed by atoms with Gasteiger partial charge in [0.2, 0.25) is 0 Å². The third-order valence-corrected chi connectivity index (χ3v) is 8.56. The predicted molar refractivity (Wildman–Crippen MR) is 218 cm³/mol. The Hall–Kier alpha value is -6.70. The summed E-state index contributed by atoms with van der Waals surface area (Å²) in [6, 6.07) is -28.1. The van der Waals surface area contributed by atoms with Crippen molar-refractivity contribution in [3.63, 3.8) is 0 Å². The first-order valence-electron chi connectivity index (χ1n) is 30.2. The van der Waals surface area contributed by atoms with Gasteiger partial charge in [0, 0.05) is 16.3 Å². The maximum absolute atomic E-state index is 10.0. The lowest BCUT2D eigenvalue weighted by Gasteiger charge is -2.19. The summed E-state index contributed by atoms with van der Waals surface area (Å²) in [4.78, 5) is 0. The quantitative estimate of drug-likeness (QED) is 0.170. The van der Waals surface area contributed by atoms with Gasteiger partial charge in [-0.15, -0.1) is 0 Å². The van der Waals surface area contributed by atoms with Crippen molar-refractivity contribution >= 4 is 75.8 Å². The third kappa shape index (κ3) is 4.22. The van der Waals surface area contributed by atoms with E-state index in [-0.39, 0.29) is 5.39 Å². The Morgan fingerprint density at radius 1 is 0.333 bits per heavy atom. The second-order valence-electron chi connectivity index (χ2n) is 11.3. The number of hydrogen-bond acceptors (Lipinski definition) is 1. The molecule has 0 atom stereocenters. The normalized spacial score (nSPS) is 20.2. The molecule has 0 radical (unpaired) electrons. The van der Waals surface area contributed by atoms with Crippen LogP contribution in [0.15, 0.2) is 186 Å². The van der Waals surface area contributed by atoms with Crippen LogP contribution in [0.25, 0.3) is 109 Å². The van der Waals surface area contributed by atoms with Crippen LogP contribution in [0.5, 0.6) is 0 Å². The first kappa shape index (κ1) is 11.7. The molecule has 0 bridgehead atoms. The molecule has 0 amide bonds. The number of hydrogen-bond donors (Lipinski definition) is 0. The number of para-hydroxylation sites is 1. The summed E-state index contributed by atoms with van der Waals surface area (Å²) in [5.41, 5.74) is -5.93. The van der Waals surface area contributed by atoms with Crippen LogP contribution in [0.4, 0.5) is 0 Å². The molecule has 0 aliphatic carbocycles. The molecule has 0 aliphatic heterocycles. The lowest BCUT2D eigenvalue weighted by atomic mass is 9.84. The summed E-state index contributed by atoms with van der Waals surface area (Å²) >= 11 is 0. The van der Waals surface area contributed by atoms with E-state index in [2.05, 4.69) is 0 Å². The first-order chi connectivity index (χ1) is 37.8. The van der Waals surface area contributed by atoms with Crippen LogP contribution in [0.1, 0.15) is 41.1 Å². The molecule has 11 rings (SSSR count). The zero-order chi connectivity index (χ0) is 59.6. The molecule has 0 saturated heterocycles. The summed E-state index contributed by atoms with van der Waals surface area (Å²) in [6.07, 6.45) is 0. The molecular weight excluding hydrogens is 617 g/mol. The maximum atomic E-state index is 10.0. The number of fused-ring (bicyclic) bond motifs is 9. The van der Waals surface area contributed by atoms with Gasteiger partial charge in [0.1, 0.15) is 11.2 Å². The molecular formula is C50H30O. The van der Waals surface area contributed by atoms with Crippen LogP contribution >= 0.6 is 0 Å². The second kappa shape index (κ2) is 10.9. The maximum Gasteiger partial charge on any atom is 0.143 e. The van der Waals surface area contributed by atoms with E-state index in [0.29, 0.717) is 0 Å². The minimum absolute atomic E-state index is 0.384. The topological polar surface area (TPSA) is 13.1 Å². The summed E-state index contributed by atoms with van der Waals surface area (Å²) in [6.45, 7) is 0. The Morgan fingerprint density at radius 3 is 1.59 bits per heavy atom. The fourth-order valence-electron chi connectivity index (χ4n) is 6.41. The van der Waals surface area contributed by atoms with E-state index >= 15 is 0 Å². The van der Waals surface area contributed by atoms with Crippen molar-refractivity contribution in [3.05, 3.63) is 181 Å². The Bertz CT molecular complexity index is 4840. The number of rotatable bonds is 3. The molecule has 1 nitrogen and oxygen atoms in total. The molecule has 10 aromatic carbocycles. The summed E-state index contributed by atoms with van der Waals surface area (Å²) in [7, 11) is 0. The Balaban J connectivity index is 1.39. The van der Waals surface area contributed by atoms with Crippen LogP contribution in [-0.4, -0.2) is 0 Å². The summed E-state index contributed by atoms with van der Waals surface area (Å²) < 4.78 is 279. The monoisotopic (exact) mass is 676 g/mol. The van der Waals surface area contributed by atoms with Crippen LogP contribution in [0, 0.1) is 0 Å². The van der Waals surface area contributed by atoms with E-state index < -0.39 is 285 Å². The second-order valence-corrected chi connectivity index (χ2v) is 11.3. The van der Waals surface area contributed by atoms with E-state index in [4.69, 9.17) is 29.1 Å². The Kier molecular flexibility index (Phi) is 2.50. The zero-order valence-electron chi connectivity index (χ0n) is 55.4. The smallest absolute Gasteiger partial charge is 0.143 e. The van der Waals surface area contributed by atoms with E-state index in [1.807, 2.05) is 0 Å². The van der Waals surface area contributed by atoms with Gasteiger partial charge in [-0.3, -0.25) is 0 Å². The van der Waals surface area contributed by atoms with Crippen LogP contribution in [0.2, 0.25) is 0 Å². The Morgan fingerprint density at radius 2 is 0.843 bits per heavy atom. The SMILES string of the molecule is [2H]c1c([2H])c([2H])c2c(oc3c([2H])c([2H])c4c([2H])c([2H])c([2H])c([2H])c4c32)c1-c1c([2H])c([2H])c2c([2H])c([2H])c(-c3c4c([2H])c([2H])c([2H])c([2H])c4c(-c4c([2H])c([2H])c([2H])c5c([2H])c([2H])c([2H])c([2H])c45)c4c([2H])c([2H])c([2H])c([2H])c34)c([2H])c2c1[2H]. The summed E-state index contributed by atoms with van der Waals surface area (Å²) in [5, 5.41) is -7.73. The highest BCUT2D eigenvalue weighted by molar-refractivity contribution is 6.24. The minimum Gasteiger partial charge on any atom is -0.455 e. The number of furan rings is 1. The summed E-state index contributed by atoms with van der Waals surface area (Å²) in [5.74, 6) is 0. The fraction of sp³-hybridized carbons (Fsp3) is 0. The van der Waals surface area contributed by atoms with Gasteiger partial charge in [-0.05, 0) is 99.8 Å². The number of benzene rings is 10. The van der Waals surface area contributed by atoms with Gasteiger partial charge in [0.25, 0.3) is 0 Å². The largest absolute Gasteiger partial charge is 0.455 e. The van der Waals surface area contributed by atoms with Crippen LogP contribution in [-0.2, 0) is 0 Å². The third-order valence-electron chi connectivity index (χ3n) is 8.56. The average molecular weight is 677 g/mol. The predicted octanol–water partition coefficient (Wildman–Crippen LogP) is 14.4. The zero-order valence-corrected chi connectivity index (χ0v) is 25.4. The van der Waals surface area contributed by atoms with Crippen molar-refractivity contribution in [1.29, 1.82) is 0 Å². The highest BCUT2D eigenvalue weighted by Gasteiger charge is 2.19. The van der Waals surface area contributed by atoms with Gasteiger partial charge in [0.05, 0.1) is 41.1 Å². The van der Waals surface area contributed by atoms with Crippen LogP contribution in [0.3, 0.4) is 0 Å². The molecule has 0 N–H and O–H groups in total. The average Bonchev–Trinajstić information content (AvgIpc) is 3.96. The van der Waals surface area contributed by atoms with Crippen molar-refractivity contribution in [2.75, 3.05) is 0 Å². The minimum atomic E-state index is -1.08. The van der Waals surface area contributed by atoms with Crippen molar-refractivity contribution in [1.82, 2.24) is 0 Å². The van der Waals surface area contributed by atoms with E-state index in [0.717, 1.165) is 0 Å². The molecule has 1 aromatic heterocycles. The molecule has 0 spiro atoms. The van der Waals surface area contributed by atoms with E-state index in [9.17, 15) is 16.4 Å². The van der Waals surface area contributed by atoms with Crippen molar-refractivity contribution in [2.24, 2.45) is 0 Å². The van der Waals surface area contributed by atoms with Gasteiger partial charge >= 0.3 is 0 Å². The standard InChI is InChI=1S/C50H30O/c1-3-14-37-32(11-1)13-9-21-40(37)48-43-18-7-5-16-41(43)47(42-17-6-8-19-44(42)48)35-26-24-31-23-25-34(29-36(31)30-35)39-20-10-22-45-49-38-15-4-2-12-33(38)27-28-46(49)51-50(39)45/h1-30H/i1D,2D,3D,4D,5D,6D,7D,8D,9D,10D,11D,12D,13D,14D,15D,16D,17D,18D,19D,20D,21D,22D,23D,24D,25D,26D,27D,28D,29D,30D. The highest BCUT2D eigenvalue weighted by atomic mass is 16.3. The van der Waals surface area contributed by atoms with Crippen LogP contribution < -0.4 is 0 Å². The Labute approximate surface area is 336 Å². The molecule has 0 unspecified atom stereocenters. The van der Waals surface area contributed by atoms with E-state index in [1.165, 1.54) is 0 Å². The molecule has 11 aromatic rings. The molecule has 51 heavy (non-hydrogen) atoms. The van der Waals surface area contributed by atoms with Crippen molar-refractivity contribution in [3.8, 4) is 33.4 Å². The van der Waals surface area contributed by atoms with Crippen molar-refractivity contribution in [2.45, 2.75) is 0 Å². The fourth-order valence-corrected chi connectivity index (χ4v) is 6.41. The molecule has 0 aliphatic rings. The molecule has 1 heteroatoms. The van der Waals surface area contributed by atoms with Gasteiger partial charge in [-0.1, -0.05) is 163 Å². The molecule has 0 fully saturated rings. The molecule has 236 valence electrons. The lowest BCUT2D eigenvalue weighted by molar-refractivity contribution is 0.670. The van der Waals surface area contributed by atoms with E-state index in [1.54, 1.807) is 0 Å². The van der Waals surface area contributed by atoms with Gasteiger partial charge in [-0.25, -0.2) is 0 Å².